The molecule has 18 heavy (non-hydrogen) atoms. The van der Waals surface area contributed by atoms with Crippen LogP contribution in [-0.4, -0.2) is 27.2 Å². The lowest BCUT2D eigenvalue weighted by Gasteiger charge is -2.09. The van der Waals surface area contributed by atoms with Crippen LogP contribution in [0.15, 0.2) is 36.9 Å². The molecule has 0 saturated carbocycles. The maximum absolute atomic E-state index is 12.9. The van der Waals surface area contributed by atoms with Crippen LogP contribution in [0.1, 0.15) is 10.4 Å². The summed E-state index contributed by atoms with van der Waals surface area (Å²) in [6.07, 6.45) is 5.04. The zero-order valence-corrected chi connectivity index (χ0v) is 9.41. The standard InChI is InChI=1S/C12H11FN2O3/c13-9-1-2-11(10(7-9)12(16)17)18-6-5-15-4-3-14-8-15/h1-4,7-8H,5-6H2,(H,16,17). The Morgan fingerprint density at radius 1 is 1.50 bits per heavy atom. The van der Waals surface area contributed by atoms with Gasteiger partial charge in [0, 0.05) is 12.4 Å². The average molecular weight is 250 g/mol. The van der Waals surface area contributed by atoms with Gasteiger partial charge in [-0.15, -0.1) is 0 Å². The number of benzene rings is 1. The highest BCUT2D eigenvalue weighted by Crippen LogP contribution is 2.19. The first-order chi connectivity index (χ1) is 8.66. The van der Waals surface area contributed by atoms with E-state index in [0.717, 1.165) is 6.07 Å². The molecule has 0 unspecified atom stereocenters. The largest absolute Gasteiger partial charge is 0.491 e. The molecule has 0 aliphatic carbocycles. The first kappa shape index (κ1) is 12.1. The van der Waals surface area contributed by atoms with Crippen LogP contribution in [0.25, 0.3) is 0 Å². The molecule has 0 atom stereocenters. The molecule has 6 heteroatoms. The number of ether oxygens (including phenoxy) is 1. The van der Waals surface area contributed by atoms with Gasteiger partial charge < -0.3 is 14.4 Å². The molecule has 0 aliphatic heterocycles. The number of hydrogen-bond donors (Lipinski definition) is 1. The van der Waals surface area contributed by atoms with E-state index < -0.39 is 11.8 Å². The number of aromatic nitrogens is 2. The van der Waals surface area contributed by atoms with Crippen LogP contribution < -0.4 is 4.74 Å². The first-order valence-electron chi connectivity index (χ1n) is 5.28. The second-order valence-electron chi connectivity index (χ2n) is 3.59. The summed E-state index contributed by atoms with van der Waals surface area (Å²) in [6, 6.07) is 3.42. The Kier molecular flexibility index (Phi) is 3.57. The number of hydrogen-bond acceptors (Lipinski definition) is 3. The Bertz CT molecular complexity index is 540. The summed E-state index contributed by atoms with van der Waals surface area (Å²) >= 11 is 0. The van der Waals surface area contributed by atoms with Crippen molar-refractivity contribution in [2.75, 3.05) is 6.61 Å². The number of rotatable bonds is 5. The average Bonchev–Trinajstić information content (AvgIpc) is 2.84. The second-order valence-corrected chi connectivity index (χ2v) is 3.59. The van der Waals surface area contributed by atoms with E-state index in [2.05, 4.69) is 4.98 Å². The lowest BCUT2D eigenvalue weighted by molar-refractivity contribution is 0.0691. The van der Waals surface area contributed by atoms with Crippen LogP contribution in [0, 0.1) is 5.82 Å². The van der Waals surface area contributed by atoms with Crippen LogP contribution in [0.3, 0.4) is 0 Å². The molecule has 0 spiro atoms. The quantitative estimate of drug-likeness (QED) is 0.878. The van der Waals surface area contributed by atoms with E-state index in [1.165, 1.54) is 12.1 Å². The van der Waals surface area contributed by atoms with Crippen molar-refractivity contribution in [1.82, 2.24) is 9.55 Å². The maximum Gasteiger partial charge on any atom is 0.339 e. The van der Waals surface area contributed by atoms with E-state index in [4.69, 9.17) is 9.84 Å². The minimum Gasteiger partial charge on any atom is -0.491 e. The van der Waals surface area contributed by atoms with Gasteiger partial charge in [0.25, 0.3) is 0 Å². The summed E-state index contributed by atoms with van der Waals surface area (Å²) in [4.78, 5) is 14.8. The van der Waals surface area contributed by atoms with Crippen molar-refractivity contribution in [3.8, 4) is 5.75 Å². The van der Waals surface area contributed by atoms with Crippen LogP contribution in [0.4, 0.5) is 4.39 Å². The van der Waals surface area contributed by atoms with Crippen LogP contribution in [0.5, 0.6) is 5.75 Å². The third-order valence-corrected chi connectivity index (χ3v) is 2.34. The molecule has 94 valence electrons. The summed E-state index contributed by atoms with van der Waals surface area (Å²) in [5.41, 5.74) is -0.180. The minimum atomic E-state index is -1.22. The Labute approximate surface area is 102 Å². The fraction of sp³-hybridized carbons (Fsp3) is 0.167. The number of aromatic carboxylic acids is 1. The maximum atomic E-state index is 12.9. The van der Waals surface area contributed by atoms with Crippen molar-refractivity contribution in [3.05, 3.63) is 48.3 Å². The monoisotopic (exact) mass is 250 g/mol. The van der Waals surface area contributed by atoms with Crippen LogP contribution in [0.2, 0.25) is 0 Å². The fourth-order valence-electron chi connectivity index (χ4n) is 1.48. The smallest absolute Gasteiger partial charge is 0.339 e. The topological polar surface area (TPSA) is 64.3 Å². The van der Waals surface area contributed by atoms with E-state index in [9.17, 15) is 9.18 Å². The van der Waals surface area contributed by atoms with Gasteiger partial charge in [0.05, 0.1) is 12.9 Å². The van der Waals surface area contributed by atoms with Gasteiger partial charge in [0.15, 0.2) is 0 Å². The van der Waals surface area contributed by atoms with Crippen molar-refractivity contribution < 1.29 is 19.0 Å². The van der Waals surface area contributed by atoms with Crippen molar-refractivity contribution in [1.29, 1.82) is 0 Å². The fourth-order valence-corrected chi connectivity index (χ4v) is 1.48. The molecule has 0 saturated heterocycles. The number of carboxylic acids is 1. The highest BCUT2D eigenvalue weighted by molar-refractivity contribution is 5.90. The summed E-state index contributed by atoms with van der Waals surface area (Å²) in [7, 11) is 0. The predicted octanol–water partition coefficient (Wildman–Crippen LogP) is 1.80. The molecule has 0 amide bonds. The number of imidazole rings is 1. The molecule has 0 aliphatic rings. The molecular formula is C12H11FN2O3. The molecule has 1 aromatic heterocycles. The number of nitrogens with zero attached hydrogens (tertiary/aromatic N) is 2. The van der Waals surface area contributed by atoms with Gasteiger partial charge in [-0.1, -0.05) is 0 Å². The predicted molar refractivity (Wildman–Crippen MR) is 61.1 cm³/mol. The minimum absolute atomic E-state index is 0.156. The highest BCUT2D eigenvalue weighted by atomic mass is 19.1. The molecule has 2 rings (SSSR count). The van der Waals surface area contributed by atoms with Gasteiger partial charge in [-0.25, -0.2) is 14.2 Å². The number of carboxylic acid groups (broad SMARTS) is 1. The van der Waals surface area contributed by atoms with Crippen LogP contribution >= 0.6 is 0 Å². The van der Waals surface area contributed by atoms with Gasteiger partial charge in [-0.05, 0) is 18.2 Å². The molecule has 5 nitrogen and oxygen atoms in total. The molecule has 0 radical (unpaired) electrons. The molecule has 1 N–H and O–H groups in total. The summed E-state index contributed by atoms with van der Waals surface area (Å²) < 4.78 is 20.0. The van der Waals surface area contributed by atoms with Crippen molar-refractivity contribution in [2.45, 2.75) is 6.54 Å². The molecule has 2 aromatic rings. The van der Waals surface area contributed by atoms with E-state index in [1.807, 2.05) is 0 Å². The normalized spacial score (nSPS) is 10.3. The zero-order chi connectivity index (χ0) is 13.0. The highest BCUT2D eigenvalue weighted by Gasteiger charge is 2.12. The zero-order valence-electron chi connectivity index (χ0n) is 9.41. The summed E-state index contributed by atoms with van der Waals surface area (Å²) in [6.45, 7) is 0.818. The van der Waals surface area contributed by atoms with E-state index >= 15 is 0 Å². The lowest BCUT2D eigenvalue weighted by Crippen LogP contribution is -2.09. The van der Waals surface area contributed by atoms with E-state index in [1.54, 1.807) is 23.3 Å². The molecular weight excluding hydrogens is 239 g/mol. The number of halogens is 1. The van der Waals surface area contributed by atoms with Crippen molar-refractivity contribution >= 4 is 5.97 Å². The SMILES string of the molecule is O=C(O)c1cc(F)ccc1OCCn1ccnc1. The van der Waals surface area contributed by atoms with Crippen molar-refractivity contribution in [2.24, 2.45) is 0 Å². The van der Waals surface area contributed by atoms with Gasteiger partial charge >= 0.3 is 5.97 Å². The Morgan fingerprint density at radius 3 is 3.00 bits per heavy atom. The van der Waals surface area contributed by atoms with E-state index in [0.29, 0.717) is 6.54 Å². The van der Waals surface area contributed by atoms with Gasteiger partial charge in [0.2, 0.25) is 0 Å². The first-order valence-corrected chi connectivity index (χ1v) is 5.28. The van der Waals surface area contributed by atoms with Crippen LogP contribution in [-0.2, 0) is 6.54 Å². The molecule has 1 heterocycles. The number of carbonyl (C=O) groups is 1. The molecule has 0 bridgehead atoms. The molecule has 0 fully saturated rings. The lowest BCUT2D eigenvalue weighted by atomic mass is 10.2. The third-order valence-electron chi connectivity index (χ3n) is 2.34. The summed E-state index contributed by atoms with van der Waals surface area (Å²) in [5, 5.41) is 8.91. The van der Waals surface area contributed by atoms with Crippen molar-refractivity contribution in [3.63, 3.8) is 0 Å². The Balaban J connectivity index is 2.02. The third kappa shape index (κ3) is 2.85. The van der Waals surface area contributed by atoms with E-state index in [-0.39, 0.29) is 17.9 Å². The molecule has 1 aromatic carbocycles. The van der Waals surface area contributed by atoms with Gasteiger partial charge in [-0.2, -0.15) is 0 Å². The van der Waals surface area contributed by atoms with Gasteiger partial charge in [-0.3, -0.25) is 0 Å². The van der Waals surface area contributed by atoms with Gasteiger partial charge in [0.1, 0.15) is 23.7 Å². The Hall–Kier alpha value is -2.37. The Morgan fingerprint density at radius 2 is 2.33 bits per heavy atom. The second kappa shape index (κ2) is 5.31. The summed E-state index contributed by atoms with van der Waals surface area (Å²) in [5.74, 6) is -1.66.